The van der Waals surface area contributed by atoms with E-state index in [-0.39, 0.29) is 22.9 Å². The molecule has 0 aliphatic carbocycles. The fraction of sp³-hybridized carbons (Fsp3) is 0.150. The Morgan fingerprint density at radius 1 is 1.30 bits per heavy atom. The van der Waals surface area contributed by atoms with Gasteiger partial charge >= 0.3 is 0 Å². The van der Waals surface area contributed by atoms with Crippen molar-refractivity contribution in [2.45, 2.75) is 6.42 Å². The zero-order chi connectivity index (χ0) is 21.3. The third kappa shape index (κ3) is 3.75. The van der Waals surface area contributed by atoms with Crippen LogP contribution in [-0.2, 0) is 13.5 Å². The van der Waals surface area contributed by atoms with Crippen LogP contribution in [0.25, 0.3) is 11.0 Å². The number of aromatic nitrogens is 4. The number of imidazole rings is 2. The Balaban J connectivity index is 1.50. The largest absolute Gasteiger partial charge is 0.379 e. The number of nitro benzene ring substituents is 1. The number of nitrogens with one attached hydrogen (secondary N) is 2. The van der Waals surface area contributed by atoms with Gasteiger partial charge in [0.25, 0.3) is 5.69 Å². The van der Waals surface area contributed by atoms with Gasteiger partial charge in [0.15, 0.2) is 5.82 Å². The number of aryl methyl sites for hydroxylation is 1. The maximum atomic E-state index is 13.3. The third-order valence-corrected chi connectivity index (χ3v) is 4.65. The lowest BCUT2D eigenvalue weighted by Gasteiger charge is -2.08. The quantitative estimate of drug-likeness (QED) is 0.275. The molecular formula is C20H17FN6O3. The molecule has 0 radical (unpaired) electrons. The molecule has 4 rings (SSSR count). The second-order valence-corrected chi connectivity index (χ2v) is 6.70. The predicted octanol–water partition coefficient (Wildman–Crippen LogP) is 3.23. The Labute approximate surface area is 169 Å². The zero-order valence-corrected chi connectivity index (χ0v) is 15.9. The van der Waals surface area contributed by atoms with Crippen molar-refractivity contribution in [3.05, 3.63) is 81.9 Å². The Morgan fingerprint density at radius 3 is 2.87 bits per heavy atom. The van der Waals surface area contributed by atoms with Crippen LogP contribution in [0.5, 0.6) is 0 Å². The molecule has 0 amide bonds. The van der Waals surface area contributed by atoms with Crippen molar-refractivity contribution < 1.29 is 14.1 Å². The maximum Gasteiger partial charge on any atom is 0.293 e. The van der Waals surface area contributed by atoms with Gasteiger partial charge in [-0.15, -0.1) is 0 Å². The van der Waals surface area contributed by atoms with Crippen molar-refractivity contribution in [1.29, 1.82) is 0 Å². The van der Waals surface area contributed by atoms with Gasteiger partial charge in [0.2, 0.25) is 5.78 Å². The van der Waals surface area contributed by atoms with E-state index in [1.807, 2.05) is 0 Å². The molecule has 2 aromatic carbocycles. The number of nitrogens with zero attached hydrogens (tertiary/aromatic N) is 4. The second-order valence-electron chi connectivity index (χ2n) is 6.70. The van der Waals surface area contributed by atoms with Crippen LogP contribution >= 0.6 is 0 Å². The maximum absolute atomic E-state index is 13.3. The molecule has 0 unspecified atom stereocenters. The van der Waals surface area contributed by atoms with Gasteiger partial charge in [0.1, 0.15) is 17.3 Å². The summed E-state index contributed by atoms with van der Waals surface area (Å²) < 4.78 is 14.8. The summed E-state index contributed by atoms with van der Waals surface area (Å²) in [6.45, 7) is 0.357. The van der Waals surface area contributed by atoms with Crippen LogP contribution in [0.2, 0.25) is 0 Å². The number of nitro groups is 1. The molecule has 0 aliphatic heterocycles. The SMILES string of the molecule is Cn1ccnc1C(=O)c1ccc(NCCc2nc3ccc(F)cc3[nH]2)c([N+](=O)[O-])c1. The molecule has 2 aromatic heterocycles. The van der Waals surface area contributed by atoms with E-state index in [0.29, 0.717) is 35.5 Å². The average Bonchev–Trinajstić information content (AvgIpc) is 3.32. The molecule has 0 saturated carbocycles. The summed E-state index contributed by atoms with van der Waals surface area (Å²) >= 11 is 0. The lowest BCUT2D eigenvalue weighted by atomic mass is 10.1. The highest BCUT2D eigenvalue weighted by molar-refractivity contribution is 6.07. The van der Waals surface area contributed by atoms with E-state index in [4.69, 9.17) is 0 Å². The monoisotopic (exact) mass is 408 g/mol. The molecule has 0 saturated heterocycles. The number of aromatic amines is 1. The van der Waals surface area contributed by atoms with Gasteiger partial charge in [-0.3, -0.25) is 14.9 Å². The van der Waals surface area contributed by atoms with Crippen LogP contribution in [0.15, 0.2) is 48.8 Å². The first kappa shape index (κ1) is 19.2. The molecule has 0 aliphatic rings. The number of carbonyl (C=O) groups is 1. The number of hydrogen-bond acceptors (Lipinski definition) is 6. The number of carbonyl (C=O) groups excluding carboxylic acids is 1. The van der Waals surface area contributed by atoms with Gasteiger partial charge in [-0.25, -0.2) is 14.4 Å². The van der Waals surface area contributed by atoms with E-state index >= 15 is 0 Å². The Hall–Kier alpha value is -4.08. The summed E-state index contributed by atoms with van der Waals surface area (Å²) in [5.74, 6) is 0.0805. The van der Waals surface area contributed by atoms with Gasteiger partial charge in [0, 0.05) is 44.0 Å². The summed E-state index contributed by atoms with van der Waals surface area (Å²) in [6.07, 6.45) is 3.56. The van der Waals surface area contributed by atoms with Crippen LogP contribution in [0.3, 0.4) is 0 Å². The fourth-order valence-electron chi connectivity index (χ4n) is 3.16. The molecular weight excluding hydrogens is 391 g/mol. The number of fused-ring (bicyclic) bond motifs is 1. The van der Waals surface area contributed by atoms with E-state index in [1.165, 1.54) is 36.5 Å². The predicted molar refractivity (Wildman–Crippen MR) is 108 cm³/mol. The van der Waals surface area contributed by atoms with E-state index in [2.05, 4.69) is 20.3 Å². The molecule has 0 spiro atoms. The normalized spacial score (nSPS) is 11.0. The molecule has 2 N–H and O–H groups in total. The van der Waals surface area contributed by atoms with E-state index in [0.717, 1.165) is 0 Å². The summed E-state index contributed by atoms with van der Waals surface area (Å²) in [7, 11) is 1.68. The topological polar surface area (TPSA) is 119 Å². The first-order chi connectivity index (χ1) is 14.4. The van der Waals surface area contributed by atoms with E-state index in [1.54, 1.807) is 23.9 Å². The van der Waals surface area contributed by atoms with Crippen LogP contribution in [0.1, 0.15) is 22.0 Å². The Bertz CT molecular complexity index is 1260. The molecule has 4 aromatic rings. The summed E-state index contributed by atoms with van der Waals surface area (Å²) in [6, 6.07) is 8.55. The van der Waals surface area contributed by atoms with Crippen molar-refractivity contribution in [3.8, 4) is 0 Å². The number of ketones is 1. The molecule has 0 fully saturated rings. The molecule has 152 valence electrons. The van der Waals surface area contributed by atoms with Crippen LogP contribution in [0.4, 0.5) is 15.8 Å². The highest BCUT2D eigenvalue weighted by Crippen LogP contribution is 2.26. The third-order valence-electron chi connectivity index (χ3n) is 4.65. The van der Waals surface area contributed by atoms with Crippen LogP contribution < -0.4 is 5.32 Å². The van der Waals surface area contributed by atoms with Crippen molar-refractivity contribution in [2.75, 3.05) is 11.9 Å². The number of rotatable bonds is 7. The van der Waals surface area contributed by atoms with Crippen LogP contribution in [0, 0.1) is 15.9 Å². The Morgan fingerprint density at radius 2 is 2.13 bits per heavy atom. The van der Waals surface area contributed by atoms with Crippen molar-refractivity contribution in [1.82, 2.24) is 19.5 Å². The minimum Gasteiger partial charge on any atom is -0.379 e. The molecule has 9 nitrogen and oxygen atoms in total. The number of benzene rings is 2. The van der Waals surface area contributed by atoms with E-state index in [9.17, 15) is 19.3 Å². The molecule has 2 heterocycles. The van der Waals surface area contributed by atoms with Gasteiger partial charge in [-0.2, -0.15) is 0 Å². The second kappa shape index (κ2) is 7.74. The number of H-pyrrole nitrogens is 1. The number of halogens is 1. The number of anilines is 1. The van der Waals surface area contributed by atoms with Crippen LogP contribution in [-0.4, -0.2) is 36.8 Å². The minimum atomic E-state index is -0.540. The summed E-state index contributed by atoms with van der Waals surface area (Å²) in [4.78, 5) is 34.9. The van der Waals surface area contributed by atoms with Gasteiger partial charge in [-0.05, 0) is 30.3 Å². The number of hydrogen-bond donors (Lipinski definition) is 2. The van der Waals surface area contributed by atoms with Gasteiger partial charge in [0.05, 0.1) is 16.0 Å². The summed E-state index contributed by atoms with van der Waals surface area (Å²) in [5, 5.41) is 14.5. The highest BCUT2D eigenvalue weighted by atomic mass is 19.1. The lowest BCUT2D eigenvalue weighted by Crippen LogP contribution is -2.11. The molecule has 0 atom stereocenters. The first-order valence-electron chi connectivity index (χ1n) is 9.11. The van der Waals surface area contributed by atoms with Gasteiger partial charge in [-0.1, -0.05) is 0 Å². The standard InChI is InChI=1S/C20H17FN6O3/c1-26-9-8-23-20(26)19(28)12-2-4-15(17(10-12)27(29)30)22-7-6-18-24-14-5-3-13(21)11-16(14)25-18/h2-5,8-11,22H,6-7H2,1H3,(H,24,25). The van der Waals surface area contributed by atoms with E-state index < -0.39 is 10.7 Å². The Kier molecular flexibility index (Phi) is 4.97. The average molecular weight is 408 g/mol. The lowest BCUT2D eigenvalue weighted by molar-refractivity contribution is -0.384. The highest BCUT2D eigenvalue weighted by Gasteiger charge is 2.20. The zero-order valence-electron chi connectivity index (χ0n) is 15.9. The molecule has 0 bridgehead atoms. The van der Waals surface area contributed by atoms with Crippen molar-refractivity contribution in [3.63, 3.8) is 0 Å². The molecule has 10 heteroatoms. The van der Waals surface area contributed by atoms with Crippen molar-refractivity contribution in [2.24, 2.45) is 7.05 Å². The smallest absolute Gasteiger partial charge is 0.293 e. The molecule has 30 heavy (non-hydrogen) atoms. The first-order valence-corrected chi connectivity index (χ1v) is 9.11. The summed E-state index contributed by atoms with van der Waals surface area (Å²) in [5.41, 5.74) is 1.50. The van der Waals surface area contributed by atoms with Gasteiger partial charge < -0.3 is 14.9 Å². The van der Waals surface area contributed by atoms with Crippen molar-refractivity contribution >= 4 is 28.2 Å². The fourth-order valence-corrected chi connectivity index (χ4v) is 3.16. The minimum absolute atomic E-state index is 0.181.